The number of nitrogens with zero attached hydrogens (tertiary/aromatic N) is 1. The van der Waals surface area contributed by atoms with Crippen LogP contribution in [0.25, 0.3) is 0 Å². The van der Waals surface area contributed by atoms with E-state index in [-0.39, 0.29) is 5.91 Å². The van der Waals surface area contributed by atoms with Crippen molar-refractivity contribution < 1.29 is 9.53 Å². The normalized spacial score (nSPS) is 10.5. The minimum atomic E-state index is 0.0595. The SMILES string of the molecule is CC(C)CN(C)C(=O)c1ccc(COc2ccccc2)cc1. The molecule has 0 spiro atoms. The van der Waals surface area contributed by atoms with E-state index in [1.165, 1.54) is 0 Å². The van der Waals surface area contributed by atoms with Gasteiger partial charge in [0.25, 0.3) is 5.91 Å². The van der Waals surface area contributed by atoms with Gasteiger partial charge in [-0.2, -0.15) is 0 Å². The first-order valence-electron chi connectivity index (χ1n) is 7.58. The molecule has 3 nitrogen and oxygen atoms in total. The molecule has 3 heteroatoms. The highest BCUT2D eigenvalue weighted by Crippen LogP contribution is 2.13. The third-order valence-corrected chi connectivity index (χ3v) is 3.34. The second-order valence-electron chi connectivity index (χ2n) is 5.88. The lowest BCUT2D eigenvalue weighted by atomic mass is 10.1. The number of amides is 1. The zero-order valence-corrected chi connectivity index (χ0v) is 13.5. The standard InChI is InChI=1S/C19H23NO2/c1-15(2)13-20(3)19(21)17-11-9-16(10-12-17)14-22-18-7-5-4-6-8-18/h4-12,15H,13-14H2,1-3H3. The topological polar surface area (TPSA) is 29.5 Å². The van der Waals surface area contributed by atoms with Crippen LogP contribution in [-0.4, -0.2) is 24.4 Å². The largest absolute Gasteiger partial charge is 0.489 e. The summed E-state index contributed by atoms with van der Waals surface area (Å²) in [6, 6.07) is 17.3. The Balaban J connectivity index is 1.94. The van der Waals surface area contributed by atoms with Crippen LogP contribution in [0.2, 0.25) is 0 Å². The van der Waals surface area contributed by atoms with E-state index < -0.39 is 0 Å². The van der Waals surface area contributed by atoms with E-state index in [1.807, 2.05) is 61.6 Å². The molecule has 2 rings (SSSR count). The quantitative estimate of drug-likeness (QED) is 0.806. The van der Waals surface area contributed by atoms with Gasteiger partial charge < -0.3 is 9.64 Å². The molecule has 116 valence electrons. The summed E-state index contributed by atoms with van der Waals surface area (Å²) < 4.78 is 5.70. The van der Waals surface area contributed by atoms with E-state index in [9.17, 15) is 4.79 Å². The van der Waals surface area contributed by atoms with Gasteiger partial charge in [-0.25, -0.2) is 0 Å². The maximum absolute atomic E-state index is 12.3. The lowest BCUT2D eigenvalue weighted by molar-refractivity contribution is 0.0779. The van der Waals surface area contributed by atoms with Crippen LogP contribution in [0, 0.1) is 5.92 Å². The van der Waals surface area contributed by atoms with E-state index >= 15 is 0 Å². The Hall–Kier alpha value is -2.29. The van der Waals surface area contributed by atoms with Crippen LogP contribution in [0.15, 0.2) is 54.6 Å². The molecule has 2 aromatic rings. The van der Waals surface area contributed by atoms with E-state index in [0.29, 0.717) is 18.1 Å². The highest BCUT2D eigenvalue weighted by atomic mass is 16.5. The van der Waals surface area contributed by atoms with Gasteiger partial charge >= 0.3 is 0 Å². The Morgan fingerprint density at radius 3 is 2.27 bits per heavy atom. The predicted molar refractivity (Wildman–Crippen MR) is 89.0 cm³/mol. The molecule has 0 heterocycles. The molecule has 2 aromatic carbocycles. The van der Waals surface area contributed by atoms with Crippen molar-refractivity contribution in [3.05, 3.63) is 65.7 Å². The summed E-state index contributed by atoms with van der Waals surface area (Å²) in [5.41, 5.74) is 1.76. The highest BCUT2D eigenvalue weighted by molar-refractivity contribution is 5.94. The van der Waals surface area contributed by atoms with Gasteiger partial charge in [0.1, 0.15) is 12.4 Å². The monoisotopic (exact) mass is 297 g/mol. The van der Waals surface area contributed by atoms with Gasteiger partial charge in [0.15, 0.2) is 0 Å². The third-order valence-electron chi connectivity index (χ3n) is 3.34. The number of hydrogen-bond acceptors (Lipinski definition) is 2. The Morgan fingerprint density at radius 2 is 1.68 bits per heavy atom. The van der Waals surface area contributed by atoms with Gasteiger partial charge in [0.2, 0.25) is 0 Å². The second-order valence-corrected chi connectivity index (χ2v) is 5.88. The second kappa shape index (κ2) is 7.64. The molecule has 0 aliphatic heterocycles. The van der Waals surface area contributed by atoms with Crippen LogP contribution in [-0.2, 0) is 6.61 Å². The fraction of sp³-hybridized carbons (Fsp3) is 0.316. The van der Waals surface area contributed by atoms with Gasteiger partial charge in [0, 0.05) is 19.2 Å². The van der Waals surface area contributed by atoms with Crippen LogP contribution in [0.4, 0.5) is 0 Å². The number of benzene rings is 2. The maximum Gasteiger partial charge on any atom is 0.253 e. The van der Waals surface area contributed by atoms with Gasteiger partial charge in [-0.3, -0.25) is 4.79 Å². The number of carbonyl (C=O) groups excluding carboxylic acids is 1. The van der Waals surface area contributed by atoms with Crippen LogP contribution < -0.4 is 4.74 Å². The molecule has 22 heavy (non-hydrogen) atoms. The summed E-state index contributed by atoms with van der Waals surface area (Å²) in [6.45, 7) is 5.47. The average molecular weight is 297 g/mol. The van der Waals surface area contributed by atoms with Crippen LogP contribution in [0.3, 0.4) is 0 Å². The van der Waals surface area contributed by atoms with Crippen molar-refractivity contribution in [1.29, 1.82) is 0 Å². The van der Waals surface area contributed by atoms with Crippen LogP contribution in [0.5, 0.6) is 5.75 Å². The number of carbonyl (C=O) groups is 1. The Morgan fingerprint density at radius 1 is 1.05 bits per heavy atom. The molecule has 0 bridgehead atoms. The summed E-state index contributed by atoms with van der Waals surface area (Å²) in [7, 11) is 1.84. The van der Waals surface area contributed by atoms with Gasteiger partial charge in [-0.15, -0.1) is 0 Å². The summed E-state index contributed by atoms with van der Waals surface area (Å²) in [6.07, 6.45) is 0. The average Bonchev–Trinajstić information content (AvgIpc) is 2.53. The first-order chi connectivity index (χ1) is 10.6. The number of hydrogen-bond donors (Lipinski definition) is 0. The van der Waals surface area contributed by atoms with Crippen molar-refractivity contribution in [3.8, 4) is 5.75 Å². The van der Waals surface area contributed by atoms with Crippen molar-refractivity contribution in [2.75, 3.05) is 13.6 Å². The van der Waals surface area contributed by atoms with Crippen molar-refractivity contribution >= 4 is 5.91 Å². The van der Waals surface area contributed by atoms with E-state index in [0.717, 1.165) is 17.9 Å². The van der Waals surface area contributed by atoms with Crippen molar-refractivity contribution in [2.24, 2.45) is 5.92 Å². The van der Waals surface area contributed by atoms with Crippen molar-refractivity contribution in [3.63, 3.8) is 0 Å². The van der Waals surface area contributed by atoms with Crippen molar-refractivity contribution in [2.45, 2.75) is 20.5 Å². The molecule has 0 saturated heterocycles. The minimum Gasteiger partial charge on any atom is -0.489 e. The Labute approximate surface area is 132 Å². The molecular formula is C19H23NO2. The van der Waals surface area contributed by atoms with Gasteiger partial charge in [-0.05, 0) is 35.7 Å². The van der Waals surface area contributed by atoms with Crippen LogP contribution in [0.1, 0.15) is 29.8 Å². The molecule has 0 N–H and O–H groups in total. The molecule has 0 aliphatic rings. The molecule has 0 atom stereocenters. The number of rotatable bonds is 6. The smallest absolute Gasteiger partial charge is 0.253 e. The third kappa shape index (κ3) is 4.62. The van der Waals surface area contributed by atoms with Crippen LogP contribution >= 0.6 is 0 Å². The molecule has 0 unspecified atom stereocenters. The first-order valence-corrected chi connectivity index (χ1v) is 7.58. The fourth-order valence-corrected chi connectivity index (χ4v) is 2.28. The molecule has 1 amide bonds. The summed E-state index contributed by atoms with van der Waals surface area (Å²) in [5, 5.41) is 0. The maximum atomic E-state index is 12.3. The van der Waals surface area contributed by atoms with Crippen molar-refractivity contribution in [1.82, 2.24) is 4.90 Å². The zero-order valence-electron chi connectivity index (χ0n) is 13.5. The van der Waals surface area contributed by atoms with E-state index in [1.54, 1.807) is 4.90 Å². The summed E-state index contributed by atoms with van der Waals surface area (Å²) in [5.74, 6) is 1.37. The summed E-state index contributed by atoms with van der Waals surface area (Å²) >= 11 is 0. The number of ether oxygens (including phenoxy) is 1. The summed E-state index contributed by atoms with van der Waals surface area (Å²) in [4.78, 5) is 14.0. The molecule has 0 fully saturated rings. The minimum absolute atomic E-state index is 0.0595. The first kappa shape index (κ1) is 16.1. The highest BCUT2D eigenvalue weighted by Gasteiger charge is 2.12. The molecule has 0 aromatic heterocycles. The van der Waals surface area contributed by atoms with E-state index in [2.05, 4.69) is 13.8 Å². The molecular weight excluding hydrogens is 274 g/mol. The zero-order chi connectivity index (χ0) is 15.9. The molecule has 0 saturated carbocycles. The van der Waals surface area contributed by atoms with E-state index in [4.69, 9.17) is 4.74 Å². The Kier molecular flexibility index (Phi) is 5.59. The fourth-order valence-electron chi connectivity index (χ4n) is 2.28. The lowest BCUT2D eigenvalue weighted by Gasteiger charge is -2.19. The van der Waals surface area contributed by atoms with Gasteiger partial charge in [0.05, 0.1) is 0 Å². The lowest BCUT2D eigenvalue weighted by Crippen LogP contribution is -2.30. The predicted octanol–water partition coefficient (Wildman–Crippen LogP) is 3.99. The molecule has 0 radical (unpaired) electrons. The molecule has 0 aliphatic carbocycles. The number of para-hydroxylation sites is 1. The van der Waals surface area contributed by atoms with Gasteiger partial charge in [-0.1, -0.05) is 44.2 Å². The Bertz CT molecular complexity index is 591.